The topological polar surface area (TPSA) is 66.5 Å². The Hall–Kier alpha value is -3.19. The number of halogens is 1. The van der Waals surface area contributed by atoms with Gasteiger partial charge in [0, 0.05) is 17.7 Å². The Balaban J connectivity index is 1.74. The van der Waals surface area contributed by atoms with Crippen molar-refractivity contribution in [1.82, 2.24) is 5.32 Å². The summed E-state index contributed by atoms with van der Waals surface area (Å²) in [6.45, 7) is 2.24. The Kier molecular flexibility index (Phi) is 6.52. The predicted octanol–water partition coefficient (Wildman–Crippen LogP) is 4.03. The van der Waals surface area contributed by atoms with Gasteiger partial charge < -0.3 is 5.32 Å². The minimum absolute atomic E-state index is 0.135. The second-order valence-electron chi connectivity index (χ2n) is 7.08. The maximum Gasteiger partial charge on any atom is 0.251 e. The first-order chi connectivity index (χ1) is 14.2. The first-order valence-electron chi connectivity index (χ1n) is 9.39. The van der Waals surface area contributed by atoms with Gasteiger partial charge in [-0.2, -0.15) is 0 Å². The second-order valence-corrected chi connectivity index (χ2v) is 8.99. The maximum absolute atomic E-state index is 14.0. The van der Waals surface area contributed by atoms with Gasteiger partial charge in [0.2, 0.25) is 10.0 Å². The summed E-state index contributed by atoms with van der Waals surface area (Å²) >= 11 is 0. The molecule has 0 unspecified atom stereocenters. The Labute approximate surface area is 176 Å². The van der Waals surface area contributed by atoms with Crippen molar-refractivity contribution >= 4 is 21.6 Å². The van der Waals surface area contributed by atoms with Gasteiger partial charge in [-0.25, -0.2) is 12.8 Å². The molecule has 5 nitrogen and oxygen atoms in total. The number of rotatable bonds is 7. The number of carbonyl (C=O) groups is 1. The van der Waals surface area contributed by atoms with Gasteiger partial charge in [-0.1, -0.05) is 48.0 Å². The fourth-order valence-corrected chi connectivity index (χ4v) is 3.95. The molecule has 30 heavy (non-hydrogen) atoms. The van der Waals surface area contributed by atoms with E-state index in [4.69, 9.17) is 0 Å². The average molecular weight is 427 g/mol. The fraction of sp³-hybridized carbons (Fsp3) is 0.174. The van der Waals surface area contributed by atoms with Crippen LogP contribution >= 0.6 is 0 Å². The van der Waals surface area contributed by atoms with Gasteiger partial charge in [0.15, 0.2) is 0 Å². The van der Waals surface area contributed by atoms with E-state index in [0.29, 0.717) is 17.8 Å². The summed E-state index contributed by atoms with van der Waals surface area (Å²) < 4.78 is 39.7. The standard InChI is InChI=1S/C23H23FN2O3S/c1-17-6-5-7-18(14-17)15-25-23(27)19-10-12-21(13-11-19)26(30(2,28)29)16-20-8-3-4-9-22(20)24/h3-14H,15-16H2,1-2H3,(H,25,27). The maximum atomic E-state index is 14.0. The lowest BCUT2D eigenvalue weighted by Crippen LogP contribution is -2.30. The van der Waals surface area contributed by atoms with Gasteiger partial charge >= 0.3 is 0 Å². The average Bonchev–Trinajstić information content (AvgIpc) is 2.71. The zero-order valence-electron chi connectivity index (χ0n) is 16.8. The summed E-state index contributed by atoms with van der Waals surface area (Å²) in [5.74, 6) is -0.735. The second kappa shape index (κ2) is 9.09. The molecule has 1 N–H and O–H groups in total. The van der Waals surface area contributed by atoms with Crippen LogP contribution in [0.1, 0.15) is 27.0 Å². The van der Waals surface area contributed by atoms with Gasteiger partial charge in [-0.05, 0) is 42.8 Å². The molecular formula is C23H23FN2O3S. The lowest BCUT2D eigenvalue weighted by atomic mass is 10.1. The van der Waals surface area contributed by atoms with E-state index in [-0.39, 0.29) is 18.0 Å². The van der Waals surface area contributed by atoms with Crippen LogP contribution in [0, 0.1) is 12.7 Å². The summed E-state index contributed by atoms with van der Waals surface area (Å²) in [6.07, 6.45) is 1.07. The third kappa shape index (κ3) is 5.45. The van der Waals surface area contributed by atoms with E-state index >= 15 is 0 Å². The minimum atomic E-state index is -3.65. The van der Waals surface area contributed by atoms with Crippen LogP contribution in [0.25, 0.3) is 0 Å². The third-order valence-corrected chi connectivity index (χ3v) is 5.77. The molecule has 0 spiro atoms. The number of nitrogens with one attached hydrogen (secondary N) is 1. The molecule has 0 aliphatic heterocycles. The molecule has 0 atom stereocenters. The highest BCUT2D eigenvalue weighted by Crippen LogP contribution is 2.22. The normalized spacial score (nSPS) is 11.2. The molecule has 1 amide bonds. The lowest BCUT2D eigenvalue weighted by molar-refractivity contribution is 0.0951. The number of sulfonamides is 1. The Bertz CT molecular complexity index is 1150. The summed E-state index contributed by atoms with van der Waals surface area (Å²) in [6, 6.07) is 20.1. The van der Waals surface area contributed by atoms with Crippen LogP contribution in [0.3, 0.4) is 0 Å². The highest BCUT2D eigenvalue weighted by Gasteiger charge is 2.20. The van der Waals surface area contributed by atoms with Crippen molar-refractivity contribution in [3.63, 3.8) is 0 Å². The smallest absolute Gasteiger partial charge is 0.251 e. The number of aryl methyl sites for hydroxylation is 1. The summed E-state index contributed by atoms with van der Waals surface area (Å²) in [5.41, 5.74) is 3.14. The van der Waals surface area contributed by atoms with E-state index in [2.05, 4.69) is 5.32 Å². The van der Waals surface area contributed by atoms with Crippen molar-refractivity contribution in [3.8, 4) is 0 Å². The summed E-state index contributed by atoms with van der Waals surface area (Å²) in [7, 11) is -3.65. The monoisotopic (exact) mass is 426 g/mol. The van der Waals surface area contributed by atoms with Gasteiger partial charge in [0.05, 0.1) is 18.5 Å². The van der Waals surface area contributed by atoms with Crippen molar-refractivity contribution in [3.05, 3.63) is 101 Å². The zero-order chi connectivity index (χ0) is 21.7. The van der Waals surface area contributed by atoms with Crippen molar-refractivity contribution in [2.45, 2.75) is 20.0 Å². The molecule has 0 radical (unpaired) electrons. The largest absolute Gasteiger partial charge is 0.348 e. The highest BCUT2D eigenvalue weighted by molar-refractivity contribution is 7.92. The Morgan fingerprint density at radius 1 is 1.00 bits per heavy atom. The Morgan fingerprint density at radius 2 is 1.70 bits per heavy atom. The molecule has 0 fully saturated rings. The fourth-order valence-electron chi connectivity index (χ4n) is 3.07. The first-order valence-corrected chi connectivity index (χ1v) is 11.2. The number of anilines is 1. The minimum Gasteiger partial charge on any atom is -0.348 e. The number of amides is 1. The molecule has 0 aliphatic carbocycles. The lowest BCUT2D eigenvalue weighted by Gasteiger charge is -2.23. The van der Waals surface area contributed by atoms with Crippen LogP contribution in [0.4, 0.5) is 10.1 Å². The van der Waals surface area contributed by atoms with Crippen LogP contribution in [-0.2, 0) is 23.1 Å². The molecule has 0 saturated heterocycles. The van der Waals surface area contributed by atoms with Crippen LogP contribution in [0.15, 0.2) is 72.8 Å². The van der Waals surface area contributed by atoms with Crippen molar-refractivity contribution in [2.24, 2.45) is 0 Å². The van der Waals surface area contributed by atoms with Crippen molar-refractivity contribution in [2.75, 3.05) is 10.6 Å². The molecule has 0 bridgehead atoms. The quantitative estimate of drug-likeness (QED) is 0.620. The van der Waals surface area contributed by atoms with Crippen LogP contribution in [0.2, 0.25) is 0 Å². The molecule has 7 heteroatoms. The number of carbonyl (C=O) groups excluding carboxylic acids is 1. The third-order valence-electron chi connectivity index (χ3n) is 4.63. The van der Waals surface area contributed by atoms with Crippen LogP contribution in [-0.4, -0.2) is 20.6 Å². The molecule has 3 rings (SSSR count). The molecule has 0 aliphatic rings. The molecule has 0 heterocycles. The van der Waals surface area contributed by atoms with Crippen LogP contribution in [0.5, 0.6) is 0 Å². The Morgan fingerprint density at radius 3 is 2.33 bits per heavy atom. The van der Waals surface area contributed by atoms with Gasteiger partial charge in [-0.3, -0.25) is 9.10 Å². The van der Waals surface area contributed by atoms with Crippen molar-refractivity contribution in [1.29, 1.82) is 0 Å². The number of hydrogen-bond donors (Lipinski definition) is 1. The van der Waals surface area contributed by atoms with Crippen LogP contribution < -0.4 is 9.62 Å². The number of nitrogens with zero attached hydrogens (tertiary/aromatic N) is 1. The SMILES string of the molecule is Cc1cccc(CNC(=O)c2ccc(N(Cc3ccccc3F)S(C)(=O)=O)cc2)c1. The highest BCUT2D eigenvalue weighted by atomic mass is 32.2. The van der Waals surface area contributed by atoms with Crippen molar-refractivity contribution < 1.29 is 17.6 Å². The van der Waals surface area contributed by atoms with E-state index in [0.717, 1.165) is 21.7 Å². The first kappa shape index (κ1) is 21.5. The molecular weight excluding hydrogens is 403 g/mol. The van der Waals surface area contributed by atoms with Gasteiger partial charge in [0.1, 0.15) is 5.82 Å². The molecule has 0 saturated carbocycles. The molecule has 3 aromatic rings. The van der Waals surface area contributed by atoms with E-state index in [9.17, 15) is 17.6 Å². The van der Waals surface area contributed by atoms with E-state index < -0.39 is 15.8 Å². The zero-order valence-corrected chi connectivity index (χ0v) is 17.6. The summed E-state index contributed by atoms with van der Waals surface area (Å²) in [4.78, 5) is 12.4. The summed E-state index contributed by atoms with van der Waals surface area (Å²) in [5, 5.41) is 2.85. The van der Waals surface area contributed by atoms with Gasteiger partial charge in [-0.15, -0.1) is 0 Å². The van der Waals surface area contributed by atoms with E-state index in [1.165, 1.54) is 6.07 Å². The van der Waals surface area contributed by atoms with E-state index in [1.54, 1.807) is 42.5 Å². The molecule has 3 aromatic carbocycles. The predicted molar refractivity (Wildman–Crippen MR) is 116 cm³/mol. The number of benzene rings is 3. The molecule has 0 aromatic heterocycles. The van der Waals surface area contributed by atoms with Gasteiger partial charge in [0.25, 0.3) is 5.91 Å². The molecule has 156 valence electrons. The van der Waals surface area contributed by atoms with E-state index in [1.807, 2.05) is 31.2 Å². The number of hydrogen-bond acceptors (Lipinski definition) is 3.